The number of amides is 1. The summed E-state index contributed by atoms with van der Waals surface area (Å²) >= 11 is 0. The van der Waals surface area contributed by atoms with E-state index in [0.717, 1.165) is 32.2 Å². The van der Waals surface area contributed by atoms with E-state index in [9.17, 15) is 4.79 Å². The van der Waals surface area contributed by atoms with Crippen LogP contribution in [-0.4, -0.2) is 35.0 Å². The Bertz CT molecular complexity index is 310. The van der Waals surface area contributed by atoms with Gasteiger partial charge >= 0.3 is 6.09 Å². The third kappa shape index (κ3) is 4.94. The predicted octanol–water partition coefficient (Wildman–Crippen LogP) is 2.49. The summed E-state index contributed by atoms with van der Waals surface area (Å²) in [5.74, 6) is 0.185. The van der Waals surface area contributed by atoms with E-state index in [2.05, 4.69) is 0 Å². The number of hydrogen-bond donors (Lipinski definition) is 2. The van der Waals surface area contributed by atoms with Crippen molar-refractivity contribution in [1.82, 2.24) is 4.90 Å². The Morgan fingerprint density at radius 1 is 1.44 bits per heavy atom. The molecule has 1 unspecified atom stereocenters. The average Bonchev–Trinajstić information content (AvgIpc) is 2.24. The molecule has 5 heteroatoms. The zero-order chi connectivity index (χ0) is 13.8. The van der Waals surface area contributed by atoms with Gasteiger partial charge in [-0.2, -0.15) is 0 Å². The van der Waals surface area contributed by atoms with Crippen LogP contribution in [0.4, 0.5) is 4.79 Å². The highest BCUT2D eigenvalue weighted by Crippen LogP contribution is 2.23. The van der Waals surface area contributed by atoms with Crippen molar-refractivity contribution in [3.63, 3.8) is 0 Å². The standard InChI is InChI=1S/C13H25N3O2/c1-13(2,3)18-12(17)16-9-5-4-6-10(16)7-8-11(14)15/h10H,4-9H2,1-3H3,(H3,14,15). The summed E-state index contributed by atoms with van der Waals surface area (Å²) < 4.78 is 5.42. The van der Waals surface area contributed by atoms with Gasteiger partial charge in [-0.05, 0) is 46.5 Å². The van der Waals surface area contributed by atoms with Gasteiger partial charge in [0.25, 0.3) is 0 Å². The van der Waals surface area contributed by atoms with Crippen LogP contribution in [0.3, 0.4) is 0 Å². The smallest absolute Gasteiger partial charge is 0.410 e. The summed E-state index contributed by atoms with van der Waals surface area (Å²) in [6.07, 6.45) is 4.19. The molecule has 1 saturated heterocycles. The molecule has 0 aliphatic carbocycles. The number of likely N-dealkylation sites (tertiary alicyclic amines) is 1. The first-order valence-corrected chi connectivity index (χ1v) is 6.62. The Kier molecular flexibility index (Phi) is 4.99. The number of ether oxygens (including phenoxy) is 1. The number of nitrogens with zero attached hydrogens (tertiary/aromatic N) is 1. The van der Waals surface area contributed by atoms with Crippen molar-refractivity contribution >= 4 is 11.9 Å². The van der Waals surface area contributed by atoms with Crippen molar-refractivity contribution in [3.8, 4) is 0 Å². The maximum atomic E-state index is 12.1. The highest BCUT2D eigenvalue weighted by atomic mass is 16.6. The second kappa shape index (κ2) is 6.07. The van der Waals surface area contributed by atoms with Crippen LogP contribution in [0, 0.1) is 5.41 Å². The lowest BCUT2D eigenvalue weighted by Gasteiger charge is -2.36. The lowest BCUT2D eigenvalue weighted by molar-refractivity contribution is 0.00909. The van der Waals surface area contributed by atoms with Crippen molar-refractivity contribution in [1.29, 1.82) is 5.41 Å². The molecule has 18 heavy (non-hydrogen) atoms. The first-order chi connectivity index (χ1) is 8.29. The minimum Gasteiger partial charge on any atom is -0.444 e. The SMILES string of the molecule is CC(C)(C)OC(=O)N1CCCCC1CCC(=N)N. The van der Waals surface area contributed by atoms with E-state index in [1.807, 2.05) is 20.8 Å². The Labute approximate surface area is 109 Å². The van der Waals surface area contributed by atoms with Gasteiger partial charge in [0.1, 0.15) is 5.60 Å². The molecule has 1 aliphatic rings. The zero-order valence-corrected chi connectivity index (χ0v) is 11.7. The molecule has 1 rings (SSSR count). The molecule has 1 atom stereocenters. The molecule has 5 nitrogen and oxygen atoms in total. The van der Waals surface area contributed by atoms with Crippen LogP contribution in [-0.2, 0) is 4.74 Å². The lowest BCUT2D eigenvalue weighted by atomic mass is 9.98. The van der Waals surface area contributed by atoms with E-state index >= 15 is 0 Å². The Hall–Kier alpha value is -1.26. The van der Waals surface area contributed by atoms with E-state index in [4.69, 9.17) is 15.9 Å². The summed E-state index contributed by atoms with van der Waals surface area (Å²) in [5.41, 5.74) is 4.92. The molecule has 3 N–H and O–H groups in total. The minimum atomic E-state index is -0.459. The van der Waals surface area contributed by atoms with E-state index in [1.165, 1.54) is 0 Å². The molecule has 0 saturated carbocycles. The van der Waals surface area contributed by atoms with Gasteiger partial charge in [0.2, 0.25) is 0 Å². The number of nitrogens with one attached hydrogen (secondary N) is 1. The van der Waals surface area contributed by atoms with Crippen molar-refractivity contribution in [2.75, 3.05) is 6.54 Å². The van der Waals surface area contributed by atoms with Gasteiger partial charge in [0.05, 0.1) is 5.84 Å². The van der Waals surface area contributed by atoms with Crippen LogP contribution in [0.5, 0.6) is 0 Å². The fraction of sp³-hybridized carbons (Fsp3) is 0.846. The predicted molar refractivity (Wildman–Crippen MR) is 71.7 cm³/mol. The molecule has 1 amide bonds. The Morgan fingerprint density at radius 3 is 2.67 bits per heavy atom. The van der Waals surface area contributed by atoms with Crippen LogP contribution in [0.15, 0.2) is 0 Å². The highest BCUT2D eigenvalue weighted by molar-refractivity contribution is 5.77. The minimum absolute atomic E-state index is 0.164. The van der Waals surface area contributed by atoms with Crippen molar-refractivity contribution in [2.45, 2.75) is 64.5 Å². The molecule has 0 aromatic heterocycles. The van der Waals surface area contributed by atoms with E-state index in [0.29, 0.717) is 6.42 Å². The number of piperidine rings is 1. The van der Waals surface area contributed by atoms with E-state index < -0.39 is 5.60 Å². The number of nitrogens with two attached hydrogens (primary N) is 1. The molecule has 0 spiro atoms. The van der Waals surface area contributed by atoms with Crippen molar-refractivity contribution in [3.05, 3.63) is 0 Å². The molecular weight excluding hydrogens is 230 g/mol. The molecule has 0 bridgehead atoms. The normalized spacial score (nSPS) is 20.6. The highest BCUT2D eigenvalue weighted by Gasteiger charge is 2.30. The number of amidine groups is 1. The molecule has 1 heterocycles. The van der Waals surface area contributed by atoms with E-state index in [1.54, 1.807) is 4.90 Å². The number of carbonyl (C=O) groups excluding carboxylic acids is 1. The first-order valence-electron chi connectivity index (χ1n) is 6.62. The van der Waals surface area contributed by atoms with Crippen molar-refractivity contribution < 1.29 is 9.53 Å². The van der Waals surface area contributed by atoms with Gasteiger partial charge in [-0.25, -0.2) is 4.79 Å². The zero-order valence-electron chi connectivity index (χ0n) is 11.7. The second-order valence-corrected chi connectivity index (χ2v) is 5.89. The summed E-state index contributed by atoms with van der Waals surface area (Å²) in [7, 11) is 0. The second-order valence-electron chi connectivity index (χ2n) is 5.89. The van der Waals surface area contributed by atoms with Gasteiger partial charge in [-0.1, -0.05) is 0 Å². The summed E-state index contributed by atoms with van der Waals surface area (Å²) in [4.78, 5) is 13.9. The fourth-order valence-electron chi connectivity index (χ4n) is 2.18. The quantitative estimate of drug-likeness (QED) is 0.600. The average molecular weight is 255 g/mol. The van der Waals surface area contributed by atoms with Crippen LogP contribution < -0.4 is 5.73 Å². The number of rotatable bonds is 3. The molecule has 0 aromatic carbocycles. The Morgan fingerprint density at radius 2 is 2.11 bits per heavy atom. The van der Waals surface area contributed by atoms with Crippen LogP contribution in [0.2, 0.25) is 0 Å². The topological polar surface area (TPSA) is 79.4 Å². The van der Waals surface area contributed by atoms with Crippen molar-refractivity contribution in [2.24, 2.45) is 5.73 Å². The van der Waals surface area contributed by atoms with Gasteiger partial charge in [0.15, 0.2) is 0 Å². The van der Waals surface area contributed by atoms with Gasteiger partial charge < -0.3 is 15.4 Å². The maximum absolute atomic E-state index is 12.1. The molecule has 1 aliphatic heterocycles. The molecule has 0 aromatic rings. The van der Waals surface area contributed by atoms with E-state index in [-0.39, 0.29) is 18.0 Å². The fourth-order valence-corrected chi connectivity index (χ4v) is 2.18. The van der Waals surface area contributed by atoms with Gasteiger partial charge in [-0.15, -0.1) is 0 Å². The third-order valence-electron chi connectivity index (χ3n) is 3.00. The maximum Gasteiger partial charge on any atom is 0.410 e. The molecule has 1 fully saturated rings. The van der Waals surface area contributed by atoms with Crippen LogP contribution >= 0.6 is 0 Å². The first kappa shape index (κ1) is 14.8. The monoisotopic (exact) mass is 255 g/mol. The van der Waals surface area contributed by atoms with Crippen LogP contribution in [0.25, 0.3) is 0 Å². The van der Waals surface area contributed by atoms with Gasteiger partial charge in [0, 0.05) is 19.0 Å². The number of hydrogen-bond acceptors (Lipinski definition) is 3. The molecular formula is C13H25N3O2. The third-order valence-corrected chi connectivity index (χ3v) is 3.00. The largest absolute Gasteiger partial charge is 0.444 e. The molecule has 104 valence electrons. The molecule has 0 radical (unpaired) electrons. The Balaban J connectivity index is 2.58. The summed E-state index contributed by atoms with van der Waals surface area (Å²) in [6.45, 7) is 6.37. The summed E-state index contributed by atoms with van der Waals surface area (Å²) in [5, 5.41) is 7.27. The van der Waals surface area contributed by atoms with Crippen LogP contribution in [0.1, 0.15) is 52.9 Å². The van der Waals surface area contributed by atoms with Gasteiger partial charge in [-0.3, -0.25) is 5.41 Å². The lowest BCUT2D eigenvalue weighted by Crippen LogP contribution is -2.46. The summed E-state index contributed by atoms with van der Waals surface area (Å²) in [6, 6.07) is 0.164. The number of carbonyl (C=O) groups is 1.